The molecular weight excluding hydrogens is 505 g/mol. The van der Waals surface area contributed by atoms with Crippen LogP contribution in [-0.4, -0.2) is 32.8 Å². The van der Waals surface area contributed by atoms with Crippen LogP contribution in [-0.2, 0) is 12.7 Å². The Morgan fingerprint density at radius 2 is 1.79 bits per heavy atom. The molecule has 0 fully saturated rings. The SMILES string of the molecule is COc1ccc(CN)cc1.O=C(O)c1nn2c(C(F)(F)F)cc(-c3ccccc3)nc2c1Br. The summed E-state index contributed by atoms with van der Waals surface area (Å²) >= 11 is 2.97. The molecule has 0 saturated carbocycles. The Bertz CT molecular complexity index is 1240. The zero-order chi connectivity index (χ0) is 24.2. The predicted molar refractivity (Wildman–Crippen MR) is 119 cm³/mol. The first-order valence-electron chi connectivity index (χ1n) is 9.44. The highest BCUT2D eigenvalue weighted by molar-refractivity contribution is 9.10. The van der Waals surface area contributed by atoms with Crippen molar-refractivity contribution in [2.45, 2.75) is 12.7 Å². The monoisotopic (exact) mass is 522 g/mol. The number of ether oxygens (including phenoxy) is 1. The van der Waals surface area contributed by atoms with E-state index in [9.17, 15) is 18.0 Å². The molecule has 0 unspecified atom stereocenters. The molecule has 0 aliphatic rings. The van der Waals surface area contributed by atoms with Crippen LogP contribution in [0, 0.1) is 0 Å². The summed E-state index contributed by atoms with van der Waals surface area (Å²) in [6, 6.07) is 16.9. The largest absolute Gasteiger partial charge is 0.497 e. The van der Waals surface area contributed by atoms with Crippen LogP contribution in [0.1, 0.15) is 21.7 Å². The summed E-state index contributed by atoms with van der Waals surface area (Å²) in [5.74, 6) is -0.575. The van der Waals surface area contributed by atoms with E-state index in [-0.39, 0.29) is 15.8 Å². The van der Waals surface area contributed by atoms with Crippen molar-refractivity contribution in [3.05, 3.63) is 82.1 Å². The van der Waals surface area contributed by atoms with Gasteiger partial charge < -0.3 is 15.6 Å². The van der Waals surface area contributed by atoms with Gasteiger partial charge in [0.25, 0.3) is 0 Å². The van der Waals surface area contributed by atoms with Crippen molar-refractivity contribution in [3.8, 4) is 17.0 Å². The van der Waals surface area contributed by atoms with Crippen molar-refractivity contribution in [2.24, 2.45) is 5.73 Å². The first-order chi connectivity index (χ1) is 15.7. The Morgan fingerprint density at radius 1 is 1.15 bits per heavy atom. The molecule has 7 nitrogen and oxygen atoms in total. The van der Waals surface area contributed by atoms with E-state index in [1.807, 2.05) is 24.3 Å². The lowest BCUT2D eigenvalue weighted by molar-refractivity contribution is -0.142. The lowest BCUT2D eigenvalue weighted by Gasteiger charge is -2.11. The van der Waals surface area contributed by atoms with Crippen molar-refractivity contribution in [1.29, 1.82) is 0 Å². The fourth-order valence-electron chi connectivity index (χ4n) is 2.85. The van der Waals surface area contributed by atoms with Gasteiger partial charge in [0.2, 0.25) is 0 Å². The maximum atomic E-state index is 13.3. The molecule has 4 rings (SSSR count). The third kappa shape index (κ3) is 5.49. The number of aromatic nitrogens is 3. The number of nitrogens with two attached hydrogens (primary N) is 1. The van der Waals surface area contributed by atoms with Crippen LogP contribution >= 0.6 is 15.9 Å². The van der Waals surface area contributed by atoms with Crippen molar-refractivity contribution in [3.63, 3.8) is 0 Å². The van der Waals surface area contributed by atoms with Crippen molar-refractivity contribution in [2.75, 3.05) is 7.11 Å². The number of halogens is 4. The molecule has 3 N–H and O–H groups in total. The number of aromatic carboxylic acids is 1. The van der Waals surface area contributed by atoms with Gasteiger partial charge in [-0.05, 0) is 39.7 Å². The Balaban J connectivity index is 0.000000257. The van der Waals surface area contributed by atoms with Crippen LogP contribution in [0.5, 0.6) is 5.75 Å². The fourth-order valence-corrected chi connectivity index (χ4v) is 3.35. The van der Waals surface area contributed by atoms with Crippen molar-refractivity contribution < 1.29 is 27.8 Å². The molecule has 33 heavy (non-hydrogen) atoms. The number of carbonyl (C=O) groups is 1. The molecule has 0 saturated heterocycles. The summed E-state index contributed by atoms with van der Waals surface area (Å²) in [7, 11) is 1.65. The average Bonchev–Trinajstić information content (AvgIpc) is 3.15. The summed E-state index contributed by atoms with van der Waals surface area (Å²) in [6.45, 7) is 0.587. The van der Waals surface area contributed by atoms with Crippen LogP contribution < -0.4 is 10.5 Å². The second-order valence-corrected chi connectivity index (χ2v) is 7.44. The molecule has 2 heterocycles. The normalized spacial score (nSPS) is 11.1. The van der Waals surface area contributed by atoms with Gasteiger partial charge in [-0.25, -0.2) is 14.3 Å². The van der Waals surface area contributed by atoms with Crippen LogP contribution in [0.3, 0.4) is 0 Å². The van der Waals surface area contributed by atoms with Gasteiger partial charge in [0.1, 0.15) is 5.75 Å². The van der Waals surface area contributed by atoms with E-state index in [1.165, 1.54) is 0 Å². The first kappa shape index (κ1) is 24.2. The number of benzene rings is 2. The Kier molecular flexibility index (Phi) is 7.34. The number of hydrogen-bond acceptors (Lipinski definition) is 5. The molecule has 0 atom stereocenters. The van der Waals surface area contributed by atoms with Crippen LogP contribution in [0.25, 0.3) is 16.9 Å². The zero-order valence-corrected chi connectivity index (χ0v) is 18.8. The minimum atomic E-state index is -4.72. The summed E-state index contributed by atoms with van der Waals surface area (Å²) in [4.78, 5) is 15.2. The number of carboxylic acid groups (broad SMARTS) is 1. The van der Waals surface area contributed by atoms with E-state index in [4.69, 9.17) is 15.6 Å². The van der Waals surface area contributed by atoms with Gasteiger partial charge in [-0.2, -0.15) is 18.3 Å². The van der Waals surface area contributed by atoms with E-state index >= 15 is 0 Å². The van der Waals surface area contributed by atoms with Crippen molar-refractivity contribution >= 4 is 27.5 Å². The molecule has 0 aliphatic heterocycles. The smallest absolute Gasteiger partial charge is 0.433 e. The molecule has 2 aromatic carbocycles. The van der Waals surface area contributed by atoms with Crippen LogP contribution in [0.2, 0.25) is 0 Å². The summed E-state index contributed by atoms with van der Waals surface area (Å²) < 4.78 is 45.3. The summed E-state index contributed by atoms with van der Waals surface area (Å²) in [5.41, 5.74) is 5.23. The molecule has 2 aromatic heterocycles. The second-order valence-electron chi connectivity index (χ2n) is 6.65. The maximum Gasteiger partial charge on any atom is 0.433 e. The Hall–Kier alpha value is -3.44. The minimum absolute atomic E-state index is 0.0722. The van der Waals surface area contributed by atoms with E-state index in [1.54, 1.807) is 37.4 Å². The standard InChI is InChI=1S/C14H7BrF3N3O2.C8H11NO/c15-10-11(13(22)23)20-21-9(14(16,17)18)6-8(19-12(10)21)7-4-2-1-3-5-7;1-10-8-4-2-7(6-9)3-5-8/h1-6H,(H,22,23);2-5H,6,9H2,1H3. The van der Waals surface area contributed by atoms with Gasteiger partial charge in [0.05, 0.1) is 17.3 Å². The van der Waals surface area contributed by atoms with Gasteiger partial charge in [-0.15, -0.1) is 0 Å². The number of fused-ring (bicyclic) bond motifs is 1. The lowest BCUT2D eigenvalue weighted by atomic mass is 10.1. The number of carboxylic acids is 1. The fraction of sp³-hybridized carbons (Fsp3) is 0.136. The minimum Gasteiger partial charge on any atom is -0.497 e. The van der Waals surface area contributed by atoms with Gasteiger partial charge >= 0.3 is 12.1 Å². The third-order valence-corrected chi connectivity index (χ3v) is 5.22. The number of alkyl halides is 3. The molecule has 11 heteroatoms. The van der Waals surface area contributed by atoms with E-state index < -0.39 is 23.5 Å². The summed E-state index contributed by atoms with van der Waals surface area (Å²) in [6.07, 6.45) is -4.72. The van der Waals surface area contributed by atoms with Gasteiger partial charge in [-0.3, -0.25) is 0 Å². The Morgan fingerprint density at radius 3 is 2.30 bits per heavy atom. The van der Waals surface area contributed by atoms with E-state index in [0.29, 0.717) is 16.6 Å². The average molecular weight is 523 g/mol. The summed E-state index contributed by atoms with van der Waals surface area (Å²) in [5, 5.41) is 12.5. The molecule has 0 radical (unpaired) electrons. The molecule has 0 bridgehead atoms. The van der Waals surface area contributed by atoms with Gasteiger partial charge in [-0.1, -0.05) is 42.5 Å². The number of nitrogens with zero attached hydrogens (tertiary/aromatic N) is 3. The molecule has 0 aliphatic carbocycles. The topological polar surface area (TPSA) is 103 Å². The van der Waals surface area contributed by atoms with E-state index in [0.717, 1.165) is 17.4 Å². The Labute approximate surface area is 194 Å². The molecule has 4 aromatic rings. The predicted octanol–water partition coefficient (Wildman–Crippen LogP) is 5.03. The van der Waals surface area contributed by atoms with Crippen molar-refractivity contribution in [1.82, 2.24) is 14.6 Å². The molecule has 172 valence electrons. The van der Waals surface area contributed by atoms with Crippen LogP contribution in [0.4, 0.5) is 13.2 Å². The first-order valence-corrected chi connectivity index (χ1v) is 10.2. The lowest BCUT2D eigenvalue weighted by Crippen LogP contribution is -2.14. The number of rotatable bonds is 4. The maximum absolute atomic E-state index is 13.3. The highest BCUT2D eigenvalue weighted by Gasteiger charge is 2.36. The second kappa shape index (κ2) is 10.0. The highest BCUT2D eigenvalue weighted by atomic mass is 79.9. The third-order valence-electron chi connectivity index (χ3n) is 4.49. The van der Waals surface area contributed by atoms with Gasteiger partial charge in [0.15, 0.2) is 17.0 Å². The zero-order valence-electron chi connectivity index (χ0n) is 17.2. The van der Waals surface area contributed by atoms with E-state index in [2.05, 4.69) is 26.0 Å². The molecule has 0 amide bonds. The molecular formula is C22H18BrF3N4O3. The highest BCUT2D eigenvalue weighted by Crippen LogP contribution is 2.34. The molecule has 0 spiro atoms. The van der Waals surface area contributed by atoms with Crippen LogP contribution in [0.15, 0.2) is 65.1 Å². The number of hydrogen-bond donors (Lipinski definition) is 2. The number of methoxy groups -OCH3 is 1. The quantitative estimate of drug-likeness (QED) is 0.389. The van der Waals surface area contributed by atoms with Gasteiger partial charge in [0, 0.05) is 12.1 Å².